The molecule has 0 aliphatic heterocycles. The Kier molecular flexibility index (Phi) is 4.91. The Morgan fingerprint density at radius 2 is 1.62 bits per heavy atom. The molecule has 4 nitrogen and oxygen atoms in total. The summed E-state index contributed by atoms with van der Waals surface area (Å²) < 4.78 is 29.8. The number of hydrogen-bond donors (Lipinski definition) is 0. The maximum Gasteiger partial charge on any atom is 0.226 e. The summed E-state index contributed by atoms with van der Waals surface area (Å²) in [5, 5.41) is 0. The Morgan fingerprint density at radius 1 is 0.958 bits per heavy atom. The molecule has 0 spiro atoms. The second kappa shape index (κ2) is 7.27. The molecular weight excluding hydrogens is 322 g/mol. The first kappa shape index (κ1) is 16.2. The van der Waals surface area contributed by atoms with Gasteiger partial charge in [0, 0.05) is 5.56 Å². The summed E-state index contributed by atoms with van der Waals surface area (Å²) in [4.78, 5) is 4.26. The van der Waals surface area contributed by atoms with Gasteiger partial charge in [0.05, 0.1) is 17.2 Å². The average Bonchev–Trinajstić information content (AvgIpc) is 3.04. The van der Waals surface area contributed by atoms with Gasteiger partial charge in [0.1, 0.15) is 6.26 Å². The molecule has 3 rings (SSSR count). The number of sulfone groups is 1. The Morgan fingerprint density at radius 3 is 2.33 bits per heavy atom. The van der Waals surface area contributed by atoms with Gasteiger partial charge in [-0.3, -0.25) is 0 Å². The van der Waals surface area contributed by atoms with Crippen molar-refractivity contribution < 1.29 is 12.8 Å². The van der Waals surface area contributed by atoms with Crippen molar-refractivity contribution in [3.63, 3.8) is 0 Å². The van der Waals surface area contributed by atoms with Crippen LogP contribution in [0.2, 0.25) is 0 Å². The number of nitrogens with zero attached hydrogens (tertiary/aromatic N) is 1. The fourth-order valence-electron chi connectivity index (χ4n) is 2.27. The van der Waals surface area contributed by atoms with Crippen LogP contribution in [0.4, 0.5) is 0 Å². The molecule has 0 saturated heterocycles. The summed E-state index contributed by atoms with van der Waals surface area (Å²) in [7, 11) is -3.28. The second-order valence-corrected chi connectivity index (χ2v) is 7.49. The number of rotatable bonds is 6. The van der Waals surface area contributed by atoms with E-state index in [4.69, 9.17) is 4.42 Å². The lowest BCUT2D eigenvalue weighted by Crippen LogP contribution is -2.07. The fourth-order valence-corrected chi connectivity index (χ4v) is 3.36. The summed E-state index contributed by atoms with van der Waals surface area (Å²) >= 11 is 0. The summed E-state index contributed by atoms with van der Waals surface area (Å²) in [6.07, 6.45) is 4.86. The molecule has 1 heterocycles. The fraction of sp³-hybridized carbons (Fsp3) is 0.105. The van der Waals surface area contributed by atoms with Crippen LogP contribution in [0, 0.1) is 0 Å². The molecule has 0 atom stereocenters. The maximum atomic E-state index is 12.2. The first-order valence-corrected chi connectivity index (χ1v) is 9.36. The van der Waals surface area contributed by atoms with Crippen LogP contribution in [-0.2, 0) is 15.6 Å². The highest BCUT2D eigenvalue weighted by Crippen LogP contribution is 2.19. The Labute approximate surface area is 141 Å². The molecule has 24 heavy (non-hydrogen) atoms. The first-order chi connectivity index (χ1) is 11.6. The van der Waals surface area contributed by atoms with Crippen molar-refractivity contribution >= 4 is 15.9 Å². The van der Waals surface area contributed by atoms with Crippen molar-refractivity contribution in [3.05, 3.63) is 84.3 Å². The largest absolute Gasteiger partial charge is 0.444 e. The van der Waals surface area contributed by atoms with Gasteiger partial charge < -0.3 is 4.42 Å². The monoisotopic (exact) mass is 339 g/mol. The van der Waals surface area contributed by atoms with E-state index in [1.165, 1.54) is 6.26 Å². The number of oxazole rings is 1. The molecule has 0 radical (unpaired) electrons. The molecule has 0 amide bonds. The predicted octanol–water partition coefficient (Wildman–Crippen LogP) is 3.97. The zero-order chi connectivity index (χ0) is 16.8. The van der Waals surface area contributed by atoms with Gasteiger partial charge in [0.15, 0.2) is 9.84 Å². The van der Waals surface area contributed by atoms with Crippen LogP contribution < -0.4 is 0 Å². The third kappa shape index (κ3) is 4.43. The van der Waals surface area contributed by atoms with E-state index in [2.05, 4.69) is 4.98 Å². The minimum absolute atomic E-state index is 0.0323. The number of hydrogen-bond acceptors (Lipinski definition) is 4. The van der Waals surface area contributed by atoms with Gasteiger partial charge in [-0.05, 0) is 17.7 Å². The third-order valence-electron chi connectivity index (χ3n) is 3.40. The minimum atomic E-state index is -3.28. The zero-order valence-electron chi connectivity index (χ0n) is 13.0. The van der Waals surface area contributed by atoms with Gasteiger partial charge in [-0.25, -0.2) is 13.4 Å². The molecule has 0 bridgehead atoms. The van der Waals surface area contributed by atoms with Crippen LogP contribution in [0.5, 0.6) is 0 Å². The summed E-state index contributed by atoms with van der Waals surface area (Å²) in [5.74, 6) is 0.262. The summed E-state index contributed by atoms with van der Waals surface area (Å²) in [5.41, 5.74) is 2.22. The Balaban J connectivity index is 1.65. The van der Waals surface area contributed by atoms with Crippen LogP contribution in [0.15, 0.2) is 77.4 Å². The maximum absolute atomic E-state index is 12.2. The van der Waals surface area contributed by atoms with Crippen molar-refractivity contribution in [2.24, 2.45) is 0 Å². The third-order valence-corrected chi connectivity index (χ3v) is 4.84. The van der Waals surface area contributed by atoms with E-state index in [1.54, 1.807) is 12.2 Å². The number of aromatic nitrogens is 1. The molecule has 3 aromatic rings. The molecule has 0 aliphatic rings. The molecule has 1 aromatic heterocycles. The van der Waals surface area contributed by atoms with Crippen LogP contribution in [-0.4, -0.2) is 19.2 Å². The normalized spacial score (nSPS) is 11.8. The lowest BCUT2D eigenvalue weighted by molar-refractivity contribution is 0.572. The van der Waals surface area contributed by atoms with Crippen LogP contribution >= 0.6 is 0 Å². The lowest BCUT2D eigenvalue weighted by atomic mass is 10.2. The highest BCUT2D eigenvalue weighted by Gasteiger charge is 2.14. The van der Waals surface area contributed by atoms with Crippen molar-refractivity contribution in [2.45, 2.75) is 5.75 Å². The smallest absolute Gasteiger partial charge is 0.226 e. The molecular formula is C19H17NO3S. The molecule has 2 aromatic carbocycles. The topological polar surface area (TPSA) is 60.2 Å². The molecule has 122 valence electrons. The van der Waals surface area contributed by atoms with Gasteiger partial charge in [0.25, 0.3) is 0 Å². The van der Waals surface area contributed by atoms with Gasteiger partial charge >= 0.3 is 0 Å². The van der Waals surface area contributed by atoms with Crippen molar-refractivity contribution in [3.8, 4) is 11.5 Å². The highest BCUT2D eigenvalue weighted by atomic mass is 32.2. The van der Waals surface area contributed by atoms with E-state index in [1.807, 2.05) is 60.7 Å². The van der Waals surface area contributed by atoms with E-state index >= 15 is 0 Å². The lowest BCUT2D eigenvalue weighted by Gasteiger charge is -1.98. The standard InChI is InChI=1S/C19H17NO3S/c21-24(22,13-7-10-16-8-3-1-4-9-16)15-18-14-23-19(20-18)17-11-5-2-6-12-17/h1-12,14H,13,15H2. The summed E-state index contributed by atoms with van der Waals surface area (Å²) in [6, 6.07) is 19.0. The molecule has 0 N–H and O–H groups in total. The van der Waals surface area contributed by atoms with Crippen molar-refractivity contribution in [1.82, 2.24) is 4.98 Å². The molecule has 0 unspecified atom stereocenters. The molecule has 0 fully saturated rings. The van der Waals surface area contributed by atoms with Crippen LogP contribution in [0.3, 0.4) is 0 Å². The quantitative estimate of drug-likeness (QED) is 0.682. The second-order valence-electron chi connectivity index (χ2n) is 5.38. The first-order valence-electron chi connectivity index (χ1n) is 7.54. The Bertz CT molecular complexity index is 914. The Hall–Kier alpha value is -2.66. The SMILES string of the molecule is O=S(=O)(CC=Cc1ccccc1)Cc1coc(-c2ccccc2)n1. The summed E-state index contributed by atoms with van der Waals surface area (Å²) in [6.45, 7) is 0. The molecule has 5 heteroatoms. The van der Waals surface area contributed by atoms with Gasteiger partial charge in [0.2, 0.25) is 5.89 Å². The average molecular weight is 339 g/mol. The zero-order valence-corrected chi connectivity index (χ0v) is 13.8. The highest BCUT2D eigenvalue weighted by molar-refractivity contribution is 7.90. The van der Waals surface area contributed by atoms with Gasteiger partial charge in [-0.1, -0.05) is 60.7 Å². The molecule has 0 aliphatic carbocycles. The van der Waals surface area contributed by atoms with Gasteiger partial charge in [-0.2, -0.15) is 0 Å². The van der Waals surface area contributed by atoms with E-state index in [0.29, 0.717) is 11.6 Å². The van der Waals surface area contributed by atoms with Crippen molar-refractivity contribution in [1.29, 1.82) is 0 Å². The van der Waals surface area contributed by atoms with Crippen molar-refractivity contribution in [2.75, 3.05) is 5.75 Å². The molecule has 0 saturated carbocycles. The van der Waals surface area contributed by atoms with Gasteiger partial charge in [-0.15, -0.1) is 0 Å². The van der Waals surface area contributed by atoms with E-state index in [0.717, 1.165) is 11.1 Å². The van der Waals surface area contributed by atoms with E-state index in [9.17, 15) is 8.42 Å². The van der Waals surface area contributed by atoms with Crippen LogP contribution in [0.1, 0.15) is 11.3 Å². The van der Waals surface area contributed by atoms with E-state index in [-0.39, 0.29) is 11.5 Å². The number of benzene rings is 2. The predicted molar refractivity (Wildman–Crippen MR) is 94.9 cm³/mol. The minimum Gasteiger partial charge on any atom is -0.444 e. The van der Waals surface area contributed by atoms with E-state index < -0.39 is 9.84 Å². The van der Waals surface area contributed by atoms with Crippen LogP contribution in [0.25, 0.3) is 17.5 Å².